The summed E-state index contributed by atoms with van der Waals surface area (Å²) in [5, 5.41) is 2.99. The summed E-state index contributed by atoms with van der Waals surface area (Å²) in [6.07, 6.45) is 1.23. The molecule has 0 aliphatic carbocycles. The lowest BCUT2D eigenvalue weighted by molar-refractivity contribution is -0.121. The van der Waals surface area contributed by atoms with Crippen molar-refractivity contribution in [1.29, 1.82) is 0 Å². The summed E-state index contributed by atoms with van der Waals surface area (Å²) in [6, 6.07) is 19.7. The molecule has 3 N–H and O–H groups in total. The number of hydrogen-bond donors (Lipinski definition) is 2. The molecule has 3 heteroatoms. The highest BCUT2D eigenvalue weighted by Crippen LogP contribution is 2.11. The number of carbonyl (C=O) groups excluding carboxylic acids is 1. The number of aryl methyl sites for hydroxylation is 1. The summed E-state index contributed by atoms with van der Waals surface area (Å²) in [5.74, 6) is 0.0353. The van der Waals surface area contributed by atoms with Crippen LogP contribution in [0.3, 0.4) is 0 Å². The van der Waals surface area contributed by atoms with E-state index in [0.717, 1.165) is 12.0 Å². The number of nitrogens with two attached hydrogens (primary N) is 1. The predicted molar refractivity (Wildman–Crippen MR) is 81.1 cm³/mol. The van der Waals surface area contributed by atoms with E-state index in [-0.39, 0.29) is 11.9 Å². The molecule has 0 radical (unpaired) electrons. The van der Waals surface area contributed by atoms with Gasteiger partial charge in [-0.3, -0.25) is 4.79 Å². The van der Waals surface area contributed by atoms with Crippen molar-refractivity contribution in [2.45, 2.75) is 18.9 Å². The molecule has 0 heterocycles. The number of carbonyl (C=O) groups is 1. The molecule has 0 saturated heterocycles. The predicted octanol–water partition coefficient (Wildman–Crippen LogP) is 2.44. The van der Waals surface area contributed by atoms with E-state index in [1.807, 2.05) is 60.7 Å². The van der Waals surface area contributed by atoms with Crippen LogP contribution in [0.5, 0.6) is 0 Å². The van der Waals surface area contributed by atoms with Crippen molar-refractivity contribution in [3.8, 4) is 0 Å². The van der Waals surface area contributed by atoms with Gasteiger partial charge in [-0.1, -0.05) is 60.7 Å². The first-order valence-corrected chi connectivity index (χ1v) is 6.88. The summed E-state index contributed by atoms with van der Waals surface area (Å²) in [4.78, 5) is 12.0. The highest BCUT2D eigenvalue weighted by molar-refractivity contribution is 5.76. The largest absolute Gasteiger partial charge is 0.348 e. The normalized spacial score (nSPS) is 11.8. The van der Waals surface area contributed by atoms with Gasteiger partial charge in [-0.25, -0.2) is 0 Å². The van der Waals surface area contributed by atoms with Crippen LogP contribution in [0.25, 0.3) is 0 Å². The van der Waals surface area contributed by atoms with Gasteiger partial charge in [0.1, 0.15) is 0 Å². The molecule has 0 fully saturated rings. The van der Waals surface area contributed by atoms with Gasteiger partial charge in [-0.05, 0) is 17.5 Å². The lowest BCUT2D eigenvalue weighted by Gasteiger charge is -2.17. The first-order chi connectivity index (χ1) is 9.79. The number of nitrogens with one attached hydrogen (secondary N) is 1. The minimum atomic E-state index is -0.112. The number of benzene rings is 2. The third kappa shape index (κ3) is 4.21. The maximum Gasteiger partial charge on any atom is 0.220 e. The molecule has 0 aromatic heterocycles. The van der Waals surface area contributed by atoms with E-state index in [2.05, 4.69) is 5.32 Å². The van der Waals surface area contributed by atoms with E-state index >= 15 is 0 Å². The van der Waals surface area contributed by atoms with Gasteiger partial charge >= 0.3 is 0 Å². The summed E-state index contributed by atoms with van der Waals surface area (Å²) in [6.45, 7) is 0.404. The molecule has 2 rings (SSSR count). The average Bonchev–Trinajstić information content (AvgIpc) is 2.52. The van der Waals surface area contributed by atoms with Gasteiger partial charge in [-0.2, -0.15) is 0 Å². The third-order valence-corrected chi connectivity index (χ3v) is 3.26. The fourth-order valence-electron chi connectivity index (χ4n) is 2.13. The molecule has 3 nitrogen and oxygen atoms in total. The highest BCUT2D eigenvalue weighted by Gasteiger charge is 2.12. The van der Waals surface area contributed by atoms with Crippen molar-refractivity contribution in [3.63, 3.8) is 0 Å². The maximum absolute atomic E-state index is 12.0. The number of amides is 1. The first-order valence-electron chi connectivity index (χ1n) is 6.88. The Labute approximate surface area is 119 Å². The monoisotopic (exact) mass is 268 g/mol. The van der Waals surface area contributed by atoms with Crippen LogP contribution in [-0.4, -0.2) is 12.5 Å². The Balaban J connectivity index is 1.87. The van der Waals surface area contributed by atoms with Crippen molar-refractivity contribution in [2.24, 2.45) is 5.73 Å². The van der Waals surface area contributed by atoms with Crippen LogP contribution in [-0.2, 0) is 11.2 Å². The zero-order valence-electron chi connectivity index (χ0n) is 11.5. The van der Waals surface area contributed by atoms with Gasteiger partial charge in [0.25, 0.3) is 0 Å². The van der Waals surface area contributed by atoms with Crippen LogP contribution in [0.2, 0.25) is 0 Å². The van der Waals surface area contributed by atoms with Crippen LogP contribution in [0.1, 0.15) is 23.6 Å². The Morgan fingerprint density at radius 2 is 1.60 bits per heavy atom. The Kier molecular flexibility index (Phi) is 5.33. The van der Waals surface area contributed by atoms with Gasteiger partial charge in [0.05, 0.1) is 6.04 Å². The van der Waals surface area contributed by atoms with E-state index < -0.39 is 0 Å². The van der Waals surface area contributed by atoms with Crippen molar-refractivity contribution in [3.05, 3.63) is 71.8 Å². The minimum absolute atomic E-state index is 0.0353. The number of hydrogen-bond acceptors (Lipinski definition) is 2. The van der Waals surface area contributed by atoms with Crippen molar-refractivity contribution in [1.82, 2.24) is 5.32 Å². The Bertz CT molecular complexity index is 525. The van der Waals surface area contributed by atoms with Crippen LogP contribution in [0.15, 0.2) is 60.7 Å². The van der Waals surface area contributed by atoms with Gasteiger partial charge < -0.3 is 11.1 Å². The van der Waals surface area contributed by atoms with E-state index in [9.17, 15) is 4.79 Å². The summed E-state index contributed by atoms with van der Waals surface area (Å²) < 4.78 is 0. The van der Waals surface area contributed by atoms with Crippen molar-refractivity contribution < 1.29 is 4.79 Å². The second-order valence-corrected chi connectivity index (χ2v) is 4.75. The SMILES string of the molecule is NCC(NC(=O)CCc1ccccc1)c1ccccc1. The van der Waals surface area contributed by atoms with Gasteiger partial charge in [0, 0.05) is 13.0 Å². The van der Waals surface area contributed by atoms with Crippen LogP contribution in [0, 0.1) is 0 Å². The topological polar surface area (TPSA) is 55.1 Å². The zero-order valence-corrected chi connectivity index (χ0v) is 11.5. The molecule has 2 aromatic rings. The molecule has 20 heavy (non-hydrogen) atoms. The quantitative estimate of drug-likeness (QED) is 0.845. The fourth-order valence-corrected chi connectivity index (χ4v) is 2.13. The fraction of sp³-hybridized carbons (Fsp3) is 0.235. The molecule has 0 spiro atoms. The average molecular weight is 268 g/mol. The van der Waals surface area contributed by atoms with Gasteiger partial charge in [0.2, 0.25) is 5.91 Å². The second-order valence-electron chi connectivity index (χ2n) is 4.75. The highest BCUT2D eigenvalue weighted by atomic mass is 16.1. The molecule has 1 atom stereocenters. The molecule has 104 valence electrons. The zero-order chi connectivity index (χ0) is 14.2. The Morgan fingerprint density at radius 3 is 2.20 bits per heavy atom. The molecule has 1 unspecified atom stereocenters. The van der Waals surface area contributed by atoms with Crippen LogP contribution in [0.4, 0.5) is 0 Å². The lowest BCUT2D eigenvalue weighted by atomic mass is 10.1. The molecule has 2 aromatic carbocycles. The van der Waals surface area contributed by atoms with E-state index in [1.54, 1.807) is 0 Å². The molecule has 0 saturated carbocycles. The molecule has 0 aliphatic heterocycles. The Hall–Kier alpha value is -2.13. The molecule has 0 aliphatic rings. The minimum Gasteiger partial charge on any atom is -0.348 e. The van der Waals surface area contributed by atoms with E-state index in [1.165, 1.54) is 5.56 Å². The molecule has 0 bridgehead atoms. The van der Waals surface area contributed by atoms with E-state index in [4.69, 9.17) is 5.73 Å². The third-order valence-electron chi connectivity index (χ3n) is 3.26. The maximum atomic E-state index is 12.0. The smallest absolute Gasteiger partial charge is 0.220 e. The molecule has 1 amide bonds. The van der Waals surface area contributed by atoms with Crippen molar-refractivity contribution in [2.75, 3.05) is 6.54 Å². The van der Waals surface area contributed by atoms with Crippen molar-refractivity contribution >= 4 is 5.91 Å². The summed E-state index contributed by atoms with van der Waals surface area (Å²) in [7, 11) is 0. The van der Waals surface area contributed by atoms with Gasteiger partial charge in [0.15, 0.2) is 0 Å². The first kappa shape index (κ1) is 14.3. The molecular weight excluding hydrogens is 248 g/mol. The molecular formula is C17H20N2O. The van der Waals surface area contributed by atoms with E-state index in [0.29, 0.717) is 13.0 Å². The second kappa shape index (κ2) is 7.46. The number of rotatable bonds is 6. The lowest BCUT2D eigenvalue weighted by Crippen LogP contribution is -2.33. The van der Waals surface area contributed by atoms with Crippen LogP contribution < -0.4 is 11.1 Å². The van der Waals surface area contributed by atoms with Crippen LogP contribution >= 0.6 is 0 Å². The standard InChI is InChI=1S/C17H20N2O/c18-13-16(15-9-5-2-6-10-15)19-17(20)12-11-14-7-3-1-4-8-14/h1-10,16H,11-13,18H2,(H,19,20). The van der Waals surface area contributed by atoms with Gasteiger partial charge in [-0.15, -0.1) is 0 Å². The summed E-state index contributed by atoms with van der Waals surface area (Å²) in [5.41, 5.74) is 7.96. The Morgan fingerprint density at radius 1 is 1.00 bits per heavy atom. The summed E-state index contributed by atoms with van der Waals surface area (Å²) >= 11 is 0.